The van der Waals surface area contributed by atoms with Crippen molar-refractivity contribution in [3.05, 3.63) is 85.2 Å². The van der Waals surface area contributed by atoms with Gasteiger partial charge in [0.25, 0.3) is 5.91 Å². The molecule has 0 aliphatic heterocycles. The summed E-state index contributed by atoms with van der Waals surface area (Å²) in [6.45, 7) is 7.45. The van der Waals surface area contributed by atoms with Crippen LogP contribution in [-0.4, -0.2) is 31.7 Å². The van der Waals surface area contributed by atoms with Crippen LogP contribution in [0.15, 0.2) is 78.7 Å². The molecule has 0 aromatic heterocycles. The van der Waals surface area contributed by atoms with E-state index in [9.17, 15) is 17.6 Å². The molecule has 0 spiro atoms. The van der Waals surface area contributed by atoms with Gasteiger partial charge in [-0.15, -0.1) is 13.2 Å². The normalized spacial score (nSPS) is 11.2. The van der Waals surface area contributed by atoms with Gasteiger partial charge in [-0.05, 0) is 48.5 Å². The molecule has 0 atom stereocenters. The minimum atomic E-state index is -3.69. The van der Waals surface area contributed by atoms with Crippen LogP contribution < -0.4 is 5.32 Å². The van der Waals surface area contributed by atoms with Crippen LogP contribution in [0, 0.1) is 5.82 Å². The Balaban J connectivity index is 2.16. The number of halogens is 1. The van der Waals surface area contributed by atoms with Crippen LogP contribution in [0.1, 0.15) is 10.4 Å². The van der Waals surface area contributed by atoms with Crippen LogP contribution in [0.3, 0.4) is 0 Å². The van der Waals surface area contributed by atoms with Gasteiger partial charge in [0.15, 0.2) is 0 Å². The molecule has 0 saturated heterocycles. The van der Waals surface area contributed by atoms with Crippen molar-refractivity contribution in [2.75, 3.05) is 18.4 Å². The van der Waals surface area contributed by atoms with Crippen molar-refractivity contribution in [1.82, 2.24) is 4.31 Å². The van der Waals surface area contributed by atoms with E-state index in [0.717, 1.165) is 0 Å². The highest BCUT2D eigenvalue weighted by molar-refractivity contribution is 7.89. The SMILES string of the molecule is C=CCN(CC=C)S(=O)(=O)c1ccc(NC(=O)c2ccc(F)cc2)cc1. The summed E-state index contributed by atoms with van der Waals surface area (Å²) in [6, 6.07) is 10.9. The molecule has 0 unspecified atom stereocenters. The molecule has 0 saturated carbocycles. The maximum absolute atomic E-state index is 12.9. The van der Waals surface area contributed by atoms with E-state index >= 15 is 0 Å². The highest BCUT2D eigenvalue weighted by Crippen LogP contribution is 2.19. The number of sulfonamides is 1. The highest BCUT2D eigenvalue weighted by Gasteiger charge is 2.22. The van der Waals surface area contributed by atoms with Crippen molar-refractivity contribution in [2.24, 2.45) is 0 Å². The molecule has 0 radical (unpaired) electrons. The zero-order valence-electron chi connectivity index (χ0n) is 14.1. The van der Waals surface area contributed by atoms with Gasteiger partial charge in [-0.3, -0.25) is 4.79 Å². The highest BCUT2D eigenvalue weighted by atomic mass is 32.2. The molecule has 5 nitrogen and oxygen atoms in total. The summed E-state index contributed by atoms with van der Waals surface area (Å²) in [5.74, 6) is -0.847. The first-order chi connectivity index (χ1) is 12.4. The van der Waals surface area contributed by atoms with Crippen LogP contribution in [0.5, 0.6) is 0 Å². The molecule has 0 aliphatic carbocycles. The standard InChI is InChI=1S/C19H19FN2O3S/c1-3-13-22(14-4-2)26(24,25)18-11-9-17(10-12-18)21-19(23)15-5-7-16(20)8-6-15/h3-12H,1-2,13-14H2,(H,21,23). The van der Waals surface area contributed by atoms with Crippen LogP contribution in [0.25, 0.3) is 0 Å². The van der Waals surface area contributed by atoms with Gasteiger partial charge in [0.2, 0.25) is 10.0 Å². The van der Waals surface area contributed by atoms with E-state index in [4.69, 9.17) is 0 Å². The minimum absolute atomic E-state index is 0.0981. The van der Waals surface area contributed by atoms with E-state index in [-0.39, 0.29) is 18.0 Å². The molecule has 0 fully saturated rings. The first-order valence-corrected chi connectivity index (χ1v) is 9.21. The van der Waals surface area contributed by atoms with E-state index in [1.54, 1.807) is 0 Å². The van der Waals surface area contributed by atoms with Crippen molar-refractivity contribution in [3.8, 4) is 0 Å². The number of hydrogen-bond donors (Lipinski definition) is 1. The minimum Gasteiger partial charge on any atom is -0.322 e. The molecule has 0 bridgehead atoms. The Bertz CT molecular complexity index is 881. The van der Waals surface area contributed by atoms with Crippen LogP contribution in [0.2, 0.25) is 0 Å². The Kier molecular flexibility index (Phi) is 6.43. The van der Waals surface area contributed by atoms with Crippen molar-refractivity contribution < 1.29 is 17.6 Å². The first kappa shape index (κ1) is 19.6. The molecule has 1 amide bonds. The summed E-state index contributed by atoms with van der Waals surface area (Å²) in [4.78, 5) is 12.2. The van der Waals surface area contributed by atoms with E-state index < -0.39 is 21.7 Å². The lowest BCUT2D eigenvalue weighted by molar-refractivity contribution is 0.102. The molecule has 1 N–H and O–H groups in total. The van der Waals surface area contributed by atoms with E-state index in [1.165, 1.54) is 65.0 Å². The van der Waals surface area contributed by atoms with Gasteiger partial charge in [0.05, 0.1) is 4.90 Å². The third-order valence-corrected chi connectivity index (χ3v) is 5.37. The summed E-state index contributed by atoms with van der Waals surface area (Å²) in [6.07, 6.45) is 3.00. The summed E-state index contributed by atoms with van der Waals surface area (Å²) in [5.41, 5.74) is 0.725. The number of nitrogens with one attached hydrogen (secondary N) is 1. The van der Waals surface area contributed by atoms with Gasteiger partial charge in [0.1, 0.15) is 5.82 Å². The fourth-order valence-corrected chi connectivity index (χ4v) is 3.60. The second kappa shape index (κ2) is 8.55. The fraction of sp³-hybridized carbons (Fsp3) is 0.105. The van der Waals surface area contributed by atoms with Gasteiger partial charge < -0.3 is 5.32 Å². The lowest BCUT2D eigenvalue weighted by Gasteiger charge is -2.19. The average Bonchev–Trinajstić information content (AvgIpc) is 2.62. The maximum atomic E-state index is 12.9. The number of amides is 1. The molecular weight excluding hydrogens is 355 g/mol. The molecule has 2 rings (SSSR count). The topological polar surface area (TPSA) is 66.5 Å². The molecule has 26 heavy (non-hydrogen) atoms. The molecular formula is C19H19FN2O3S. The van der Waals surface area contributed by atoms with Gasteiger partial charge >= 0.3 is 0 Å². The number of anilines is 1. The summed E-state index contributed by atoms with van der Waals surface area (Å²) >= 11 is 0. The molecule has 136 valence electrons. The Morgan fingerprint density at radius 3 is 2.04 bits per heavy atom. The second-order valence-electron chi connectivity index (χ2n) is 5.38. The van der Waals surface area contributed by atoms with Gasteiger partial charge in [-0.25, -0.2) is 12.8 Å². The average molecular weight is 374 g/mol. The number of carbonyl (C=O) groups is 1. The Morgan fingerprint density at radius 2 is 1.54 bits per heavy atom. The van der Waals surface area contributed by atoms with Gasteiger partial charge in [-0.2, -0.15) is 4.31 Å². The van der Waals surface area contributed by atoms with Gasteiger partial charge in [0, 0.05) is 24.3 Å². The molecule has 2 aromatic carbocycles. The lowest BCUT2D eigenvalue weighted by atomic mass is 10.2. The fourth-order valence-electron chi connectivity index (χ4n) is 2.22. The molecule has 2 aromatic rings. The molecule has 0 heterocycles. The van der Waals surface area contributed by atoms with Crippen molar-refractivity contribution in [2.45, 2.75) is 4.90 Å². The van der Waals surface area contributed by atoms with Gasteiger partial charge in [-0.1, -0.05) is 12.2 Å². The molecule has 7 heteroatoms. The number of nitrogens with zero attached hydrogens (tertiary/aromatic N) is 1. The lowest BCUT2D eigenvalue weighted by Crippen LogP contribution is -2.31. The Hall–Kier alpha value is -2.77. The predicted molar refractivity (Wildman–Crippen MR) is 99.9 cm³/mol. The summed E-state index contributed by atoms with van der Waals surface area (Å²) in [7, 11) is -3.69. The third kappa shape index (κ3) is 4.65. The Morgan fingerprint density at radius 1 is 1.00 bits per heavy atom. The summed E-state index contributed by atoms with van der Waals surface area (Å²) in [5, 5.41) is 2.63. The zero-order valence-corrected chi connectivity index (χ0v) is 14.9. The number of carbonyl (C=O) groups excluding carboxylic acids is 1. The van der Waals surface area contributed by atoms with Crippen molar-refractivity contribution >= 4 is 21.6 Å². The monoisotopic (exact) mass is 374 g/mol. The number of rotatable bonds is 8. The third-order valence-electron chi connectivity index (χ3n) is 3.52. The van der Waals surface area contributed by atoms with Crippen LogP contribution >= 0.6 is 0 Å². The van der Waals surface area contributed by atoms with Crippen LogP contribution in [0.4, 0.5) is 10.1 Å². The number of hydrogen-bond acceptors (Lipinski definition) is 3. The second-order valence-corrected chi connectivity index (χ2v) is 7.32. The largest absolute Gasteiger partial charge is 0.322 e. The maximum Gasteiger partial charge on any atom is 0.255 e. The molecule has 0 aliphatic rings. The summed E-state index contributed by atoms with van der Waals surface area (Å²) < 4.78 is 39.4. The van der Waals surface area contributed by atoms with Crippen molar-refractivity contribution in [1.29, 1.82) is 0 Å². The smallest absolute Gasteiger partial charge is 0.255 e. The van der Waals surface area contributed by atoms with Crippen molar-refractivity contribution in [3.63, 3.8) is 0 Å². The number of benzene rings is 2. The van der Waals surface area contributed by atoms with E-state index in [0.29, 0.717) is 11.3 Å². The Labute approximate surface area is 152 Å². The van der Waals surface area contributed by atoms with E-state index in [1.807, 2.05) is 0 Å². The van der Waals surface area contributed by atoms with E-state index in [2.05, 4.69) is 18.5 Å². The van der Waals surface area contributed by atoms with Crippen LogP contribution in [-0.2, 0) is 10.0 Å². The predicted octanol–water partition coefficient (Wildman–Crippen LogP) is 3.44. The quantitative estimate of drug-likeness (QED) is 0.720. The zero-order chi connectivity index (χ0) is 19.2. The first-order valence-electron chi connectivity index (χ1n) is 7.77.